The van der Waals surface area contributed by atoms with Gasteiger partial charge in [-0.05, 0) is 32.9 Å². The molecule has 2 fully saturated rings. The molecule has 1 N–H and O–H groups in total. The first-order chi connectivity index (χ1) is 14.0. The molecule has 3 heterocycles. The second-order valence-electron chi connectivity index (χ2n) is 7.88. The van der Waals surface area contributed by atoms with Gasteiger partial charge in [-0.3, -0.25) is 9.69 Å². The summed E-state index contributed by atoms with van der Waals surface area (Å²) in [6.07, 6.45) is -2.91. The molecule has 1 aromatic heterocycles. The largest absolute Gasteiger partial charge is 0.462 e. The monoisotopic (exact) mass is 424 g/mol. The van der Waals surface area contributed by atoms with Crippen molar-refractivity contribution in [2.45, 2.75) is 38.3 Å². The minimum atomic E-state index is -4.44. The van der Waals surface area contributed by atoms with Gasteiger partial charge < -0.3 is 14.8 Å². The van der Waals surface area contributed by atoms with Crippen molar-refractivity contribution < 1.29 is 27.4 Å². The molecule has 1 aromatic carbocycles. The summed E-state index contributed by atoms with van der Waals surface area (Å²) in [7, 11) is 0. The van der Waals surface area contributed by atoms with Crippen LogP contribution in [0.3, 0.4) is 0 Å². The maximum Gasteiger partial charge on any atom is 0.419 e. The molecule has 2 atom stereocenters. The molecule has 2 aliphatic rings. The van der Waals surface area contributed by atoms with Gasteiger partial charge in [-0.25, -0.2) is 9.97 Å². The maximum absolute atomic E-state index is 12.5. The van der Waals surface area contributed by atoms with Gasteiger partial charge >= 0.3 is 6.18 Å². The number of aromatic nitrogens is 2. The Morgan fingerprint density at radius 3 is 2.40 bits per heavy atom. The van der Waals surface area contributed by atoms with Crippen LogP contribution in [0.4, 0.5) is 24.8 Å². The number of hydrogen-bond acceptors (Lipinski definition) is 7. The molecule has 0 saturated carbocycles. The number of halogens is 3. The topological polar surface area (TPSA) is 76.3 Å². The van der Waals surface area contributed by atoms with Crippen molar-refractivity contribution >= 4 is 18.1 Å². The van der Waals surface area contributed by atoms with Crippen LogP contribution in [0.15, 0.2) is 36.7 Å². The first kappa shape index (κ1) is 22.0. The fraction of sp³-hybridized carbons (Fsp3) is 0.450. The molecule has 0 aliphatic carbocycles. The molecular formula is C20H23F3N4O3. The Morgan fingerprint density at radius 2 is 1.93 bits per heavy atom. The van der Waals surface area contributed by atoms with Crippen LogP contribution in [0, 0.1) is 0 Å². The van der Waals surface area contributed by atoms with E-state index in [2.05, 4.69) is 24.9 Å². The van der Waals surface area contributed by atoms with Crippen molar-refractivity contribution in [2.75, 3.05) is 25.0 Å². The fourth-order valence-electron chi connectivity index (χ4n) is 2.95. The highest BCUT2D eigenvalue weighted by Crippen LogP contribution is 2.47. The number of benzene rings is 1. The molecule has 162 valence electrons. The van der Waals surface area contributed by atoms with Gasteiger partial charge in [0, 0.05) is 36.7 Å². The molecule has 2 unspecified atom stereocenters. The molecule has 2 aliphatic heterocycles. The highest BCUT2D eigenvalue weighted by Gasteiger charge is 2.58. The van der Waals surface area contributed by atoms with Crippen molar-refractivity contribution in [1.82, 2.24) is 14.9 Å². The number of nitrogens with one attached hydrogen (secondary N) is 1. The summed E-state index contributed by atoms with van der Waals surface area (Å²) < 4.78 is 47.8. The van der Waals surface area contributed by atoms with Crippen molar-refractivity contribution in [2.24, 2.45) is 0 Å². The number of rotatable bonds is 4. The van der Waals surface area contributed by atoms with Gasteiger partial charge in [-0.15, -0.1) is 0 Å². The maximum atomic E-state index is 12.5. The predicted molar refractivity (Wildman–Crippen MR) is 103 cm³/mol. The van der Waals surface area contributed by atoms with Crippen LogP contribution in [0.5, 0.6) is 0 Å². The Kier molecular flexibility index (Phi) is 6.00. The van der Waals surface area contributed by atoms with Crippen molar-refractivity contribution in [3.05, 3.63) is 47.8 Å². The van der Waals surface area contributed by atoms with E-state index in [1.807, 2.05) is 45.0 Å². The second-order valence-corrected chi connectivity index (χ2v) is 7.88. The summed E-state index contributed by atoms with van der Waals surface area (Å²) in [6, 6.07) is 7.56. The molecule has 0 spiro atoms. The van der Waals surface area contributed by atoms with Gasteiger partial charge in [-0.2, -0.15) is 13.2 Å². The zero-order valence-corrected chi connectivity index (χ0v) is 16.9. The molecule has 7 nitrogen and oxygen atoms in total. The summed E-state index contributed by atoms with van der Waals surface area (Å²) in [4.78, 5) is 19.2. The lowest BCUT2D eigenvalue weighted by molar-refractivity contribution is -0.139. The van der Waals surface area contributed by atoms with E-state index in [1.165, 1.54) is 0 Å². The quantitative estimate of drug-likeness (QED) is 0.593. The number of ether oxygens (including phenoxy) is 2. The summed E-state index contributed by atoms with van der Waals surface area (Å²) in [5, 5.41) is 2.92. The van der Waals surface area contributed by atoms with Crippen LogP contribution in [0.25, 0.3) is 0 Å². The number of carbonyl (C=O) groups is 1. The van der Waals surface area contributed by atoms with E-state index in [4.69, 9.17) is 4.74 Å². The van der Waals surface area contributed by atoms with Crippen LogP contribution < -0.4 is 5.32 Å². The Morgan fingerprint density at radius 1 is 1.23 bits per heavy atom. The van der Waals surface area contributed by atoms with E-state index < -0.39 is 11.7 Å². The number of nitrogens with zero attached hydrogens (tertiary/aromatic N) is 3. The molecule has 0 bridgehead atoms. The smallest absolute Gasteiger partial charge is 0.419 e. The lowest BCUT2D eigenvalue weighted by Crippen LogP contribution is -2.17. The van der Waals surface area contributed by atoms with Crippen molar-refractivity contribution in [3.8, 4) is 0 Å². The molecule has 0 radical (unpaired) electrons. The number of alkyl halides is 3. The second kappa shape index (κ2) is 8.19. The average Bonchev–Trinajstić information content (AvgIpc) is 3.22. The standard InChI is InChI=1S/C15H13F3N4O.C5H10O2/c16-15(17,18)11-7-19-13(20-8-11)21-12-3-1-2-10(6-12)14-9-22(14)4-5-23-14;1-5(2,3)7-4-6/h1-3,6-8H,4-5,9H2,(H,19,20,21);4H,1-3H3. The average molecular weight is 424 g/mol. The lowest BCUT2D eigenvalue weighted by atomic mass is 10.1. The molecule has 4 rings (SSSR count). The molecule has 10 heteroatoms. The zero-order valence-electron chi connectivity index (χ0n) is 16.9. The third-order valence-corrected chi connectivity index (χ3v) is 4.47. The van der Waals surface area contributed by atoms with E-state index in [0.717, 1.165) is 31.0 Å². The van der Waals surface area contributed by atoms with E-state index in [9.17, 15) is 18.0 Å². The molecule has 2 aromatic rings. The number of morpholine rings is 1. The van der Waals surface area contributed by atoms with Gasteiger partial charge in [0.2, 0.25) is 5.95 Å². The van der Waals surface area contributed by atoms with E-state index >= 15 is 0 Å². The third kappa shape index (κ3) is 5.25. The van der Waals surface area contributed by atoms with Crippen LogP contribution in [0.1, 0.15) is 31.9 Å². The summed E-state index contributed by atoms with van der Waals surface area (Å²) in [5.74, 6) is 0.118. The summed E-state index contributed by atoms with van der Waals surface area (Å²) in [6.45, 7) is 8.41. The number of fused-ring (bicyclic) bond motifs is 1. The summed E-state index contributed by atoms with van der Waals surface area (Å²) >= 11 is 0. The molecule has 0 amide bonds. The van der Waals surface area contributed by atoms with Crippen LogP contribution in [-0.4, -0.2) is 46.6 Å². The fourth-order valence-corrected chi connectivity index (χ4v) is 2.95. The molecule has 2 saturated heterocycles. The molecule has 30 heavy (non-hydrogen) atoms. The van der Waals surface area contributed by atoms with Crippen molar-refractivity contribution in [1.29, 1.82) is 0 Å². The third-order valence-electron chi connectivity index (χ3n) is 4.47. The highest BCUT2D eigenvalue weighted by molar-refractivity contribution is 5.55. The number of hydrogen-bond donors (Lipinski definition) is 1. The Bertz CT molecular complexity index is 884. The SMILES string of the molecule is CC(C)(C)OC=O.FC(F)(F)c1cnc(Nc2cccc(C34CN3CCO4)c2)nc1. The predicted octanol–water partition coefficient (Wildman–Crippen LogP) is 3.70. The van der Waals surface area contributed by atoms with Gasteiger partial charge in [0.05, 0.1) is 12.2 Å². The van der Waals surface area contributed by atoms with Gasteiger partial charge in [0.1, 0.15) is 5.60 Å². The minimum Gasteiger partial charge on any atom is -0.462 e. The molecular weight excluding hydrogens is 401 g/mol. The van der Waals surface area contributed by atoms with E-state index in [1.54, 1.807) is 0 Å². The van der Waals surface area contributed by atoms with Crippen LogP contribution >= 0.6 is 0 Å². The first-order valence-electron chi connectivity index (χ1n) is 9.31. The minimum absolute atomic E-state index is 0.118. The lowest BCUT2D eigenvalue weighted by Gasteiger charge is -2.14. The van der Waals surface area contributed by atoms with Gasteiger partial charge in [0.15, 0.2) is 5.72 Å². The Labute approximate surface area is 172 Å². The first-order valence-corrected chi connectivity index (χ1v) is 9.31. The number of anilines is 2. The van der Waals surface area contributed by atoms with Crippen LogP contribution in [-0.2, 0) is 26.2 Å². The zero-order chi connectivity index (χ0) is 22.0. The normalized spacial score (nSPS) is 22.4. The van der Waals surface area contributed by atoms with Gasteiger partial charge in [0.25, 0.3) is 6.47 Å². The highest BCUT2D eigenvalue weighted by atomic mass is 19.4. The number of carbonyl (C=O) groups excluding carboxylic acids is 1. The van der Waals surface area contributed by atoms with Crippen molar-refractivity contribution in [3.63, 3.8) is 0 Å². The van der Waals surface area contributed by atoms with E-state index in [-0.39, 0.29) is 17.3 Å². The Hall–Kier alpha value is -2.72. The Balaban J connectivity index is 0.000000318. The van der Waals surface area contributed by atoms with E-state index in [0.29, 0.717) is 18.8 Å². The van der Waals surface area contributed by atoms with Crippen LogP contribution in [0.2, 0.25) is 0 Å². The van der Waals surface area contributed by atoms with Gasteiger partial charge in [-0.1, -0.05) is 12.1 Å². The summed E-state index contributed by atoms with van der Waals surface area (Å²) in [5.41, 5.74) is 0.218.